The van der Waals surface area contributed by atoms with Crippen LogP contribution in [-0.2, 0) is 10.0 Å². The van der Waals surface area contributed by atoms with Crippen molar-refractivity contribution in [3.05, 3.63) is 33.9 Å². The minimum absolute atomic E-state index is 0.0357. The van der Waals surface area contributed by atoms with Crippen LogP contribution in [0.15, 0.2) is 23.1 Å². The van der Waals surface area contributed by atoms with Crippen LogP contribution < -0.4 is 4.72 Å². The van der Waals surface area contributed by atoms with Crippen LogP contribution in [0.4, 0.5) is 5.69 Å². The van der Waals surface area contributed by atoms with Crippen molar-refractivity contribution < 1.29 is 18.4 Å². The van der Waals surface area contributed by atoms with Crippen molar-refractivity contribution in [1.82, 2.24) is 4.72 Å². The van der Waals surface area contributed by atoms with Gasteiger partial charge in [-0.3, -0.25) is 10.1 Å². The Morgan fingerprint density at radius 1 is 1.40 bits per heavy atom. The van der Waals surface area contributed by atoms with Gasteiger partial charge in [-0.15, -0.1) is 0 Å². The molecule has 0 amide bonds. The molecule has 0 atom stereocenters. The highest BCUT2D eigenvalue weighted by Crippen LogP contribution is 2.25. The summed E-state index contributed by atoms with van der Waals surface area (Å²) in [7, 11) is -3.86. The number of nitro benzene ring substituents is 1. The molecule has 1 rings (SSSR count). The topological polar surface area (TPSA) is 110 Å². The van der Waals surface area contributed by atoms with E-state index in [-0.39, 0.29) is 29.3 Å². The molecule has 0 saturated carbocycles. The first kappa shape index (κ1) is 16.5. The lowest BCUT2D eigenvalue weighted by Gasteiger charge is -2.22. The van der Waals surface area contributed by atoms with Gasteiger partial charge in [-0.25, -0.2) is 13.1 Å². The molecule has 1 aromatic rings. The highest BCUT2D eigenvalue weighted by molar-refractivity contribution is 7.89. The Bertz CT molecular complexity index is 610. The molecule has 1 aromatic carbocycles. The molecule has 7 nitrogen and oxygen atoms in total. The molecule has 0 fully saturated rings. The first-order chi connectivity index (χ1) is 9.10. The fourth-order valence-corrected chi connectivity index (χ4v) is 3.02. The summed E-state index contributed by atoms with van der Waals surface area (Å²) in [6.45, 7) is 4.66. The fraction of sp³-hybridized carbons (Fsp3) is 0.500. The smallest absolute Gasteiger partial charge is 0.273 e. The van der Waals surface area contributed by atoms with Gasteiger partial charge in [0.2, 0.25) is 10.0 Å². The molecule has 0 radical (unpaired) electrons. The van der Waals surface area contributed by atoms with Crippen LogP contribution in [0.3, 0.4) is 0 Å². The number of hydrogen-bond donors (Lipinski definition) is 2. The van der Waals surface area contributed by atoms with Crippen LogP contribution in [-0.4, -0.2) is 31.6 Å². The second-order valence-electron chi connectivity index (χ2n) is 5.30. The maximum absolute atomic E-state index is 12.2. The molecular formula is C12H18N2O5S. The number of aliphatic hydroxyl groups excluding tert-OH is 1. The second kappa shape index (κ2) is 5.86. The molecule has 2 N–H and O–H groups in total. The lowest BCUT2D eigenvalue weighted by atomic mass is 9.96. The first-order valence-electron chi connectivity index (χ1n) is 5.95. The second-order valence-corrected chi connectivity index (χ2v) is 7.04. The van der Waals surface area contributed by atoms with E-state index in [2.05, 4.69) is 4.72 Å². The standard InChI is InChI=1S/C12H18N2O5S/c1-9-10(14(16)17)5-4-6-11(9)20(18,19)13-7-12(2,3)8-15/h4-6,13,15H,7-8H2,1-3H3. The number of rotatable bonds is 6. The van der Waals surface area contributed by atoms with Crippen LogP contribution in [0.5, 0.6) is 0 Å². The molecule has 0 saturated heterocycles. The molecule has 0 unspecified atom stereocenters. The van der Waals surface area contributed by atoms with Gasteiger partial charge in [0.1, 0.15) is 0 Å². The molecule has 0 aromatic heterocycles. The van der Waals surface area contributed by atoms with Gasteiger partial charge >= 0.3 is 0 Å². The van der Waals surface area contributed by atoms with E-state index in [9.17, 15) is 18.5 Å². The lowest BCUT2D eigenvalue weighted by Crippen LogP contribution is -2.36. The van der Waals surface area contributed by atoms with E-state index in [0.717, 1.165) is 0 Å². The molecule has 112 valence electrons. The number of hydrogen-bond acceptors (Lipinski definition) is 5. The predicted molar refractivity (Wildman–Crippen MR) is 73.9 cm³/mol. The Balaban J connectivity index is 3.11. The van der Waals surface area contributed by atoms with E-state index >= 15 is 0 Å². The van der Waals surface area contributed by atoms with Crippen molar-refractivity contribution in [1.29, 1.82) is 0 Å². The summed E-state index contributed by atoms with van der Waals surface area (Å²) in [6.07, 6.45) is 0. The van der Waals surface area contributed by atoms with Crippen LogP contribution in [0, 0.1) is 22.5 Å². The van der Waals surface area contributed by atoms with Crippen molar-refractivity contribution in [2.24, 2.45) is 5.41 Å². The third-order valence-corrected chi connectivity index (χ3v) is 4.46. The molecule has 0 aliphatic heterocycles. The summed E-state index contributed by atoms with van der Waals surface area (Å²) in [5.74, 6) is 0. The zero-order valence-corrected chi connectivity index (χ0v) is 12.4. The predicted octanol–water partition coefficient (Wildman–Crippen LogP) is 1.20. The van der Waals surface area contributed by atoms with Gasteiger partial charge < -0.3 is 5.11 Å². The molecule has 0 spiro atoms. The van der Waals surface area contributed by atoms with Crippen molar-refractivity contribution in [3.8, 4) is 0 Å². The lowest BCUT2D eigenvalue weighted by molar-refractivity contribution is -0.385. The average Bonchev–Trinajstić information content (AvgIpc) is 2.36. The molecule has 0 aliphatic rings. The summed E-state index contributed by atoms with van der Waals surface area (Å²) < 4.78 is 26.7. The quantitative estimate of drug-likeness (QED) is 0.606. The zero-order chi connectivity index (χ0) is 15.6. The third kappa shape index (κ3) is 3.75. The Hall–Kier alpha value is -1.51. The van der Waals surface area contributed by atoms with Crippen molar-refractivity contribution >= 4 is 15.7 Å². The largest absolute Gasteiger partial charge is 0.396 e. The van der Waals surface area contributed by atoms with E-state index < -0.39 is 20.4 Å². The molecule has 8 heteroatoms. The number of benzene rings is 1. The van der Waals surface area contributed by atoms with Gasteiger partial charge in [-0.05, 0) is 13.0 Å². The Labute approximate surface area is 117 Å². The van der Waals surface area contributed by atoms with Crippen LogP contribution >= 0.6 is 0 Å². The number of nitrogens with zero attached hydrogens (tertiary/aromatic N) is 1. The number of nitro groups is 1. The Kier molecular flexibility index (Phi) is 4.85. The van der Waals surface area contributed by atoms with E-state index in [1.807, 2.05) is 0 Å². The van der Waals surface area contributed by atoms with Gasteiger partial charge in [-0.1, -0.05) is 19.9 Å². The molecular weight excluding hydrogens is 284 g/mol. The van der Waals surface area contributed by atoms with E-state index in [4.69, 9.17) is 5.11 Å². The van der Waals surface area contributed by atoms with Gasteiger partial charge in [0.25, 0.3) is 5.69 Å². The zero-order valence-electron chi connectivity index (χ0n) is 11.6. The van der Waals surface area contributed by atoms with Gasteiger partial charge in [-0.2, -0.15) is 0 Å². The Morgan fingerprint density at radius 3 is 2.50 bits per heavy atom. The number of nitrogens with one attached hydrogen (secondary N) is 1. The highest BCUT2D eigenvalue weighted by Gasteiger charge is 2.25. The molecule has 0 heterocycles. The maximum Gasteiger partial charge on any atom is 0.273 e. The maximum atomic E-state index is 12.2. The van der Waals surface area contributed by atoms with Crippen LogP contribution in [0.2, 0.25) is 0 Å². The number of aliphatic hydroxyl groups is 1. The average molecular weight is 302 g/mol. The van der Waals surface area contributed by atoms with Gasteiger partial charge in [0.05, 0.1) is 9.82 Å². The van der Waals surface area contributed by atoms with E-state index in [1.165, 1.54) is 25.1 Å². The van der Waals surface area contributed by atoms with Crippen molar-refractivity contribution in [3.63, 3.8) is 0 Å². The van der Waals surface area contributed by atoms with Crippen molar-refractivity contribution in [2.75, 3.05) is 13.2 Å². The molecule has 0 bridgehead atoms. The SMILES string of the molecule is Cc1c([N+](=O)[O-])cccc1S(=O)(=O)NCC(C)(C)CO. The highest BCUT2D eigenvalue weighted by atomic mass is 32.2. The Morgan fingerprint density at radius 2 is 2.00 bits per heavy atom. The van der Waals surface area contributed by atoms with Crippen molar-refractivity contribution in [2.45, 2.75) is 25.7 Å². The minimum Gasteiger partial charge on any atom is -0.396 e. The number of sulfonamides is 1. The minimum atomic E-state index is -3.86. The van der Waals surface area contributed by atoms with E-state index in [0.29, 0.717) is 0 Å². The van der Waals surface area contributed by atoms with Crippen LogP contribution in [0.1, 0.15) is 19.4 Å². The summed E-state index contributed by atoms with van der Waals surface area (Å²) in [4.78, 5) is 10.1. The van der Waals surface area contributed by atoms with E-state index in [1.54, 1.807) is 13.8 Å². The summed E-state index contributed by atoms with van der Waals surface area (Å²) in [5, 5.41) is 19.9. The summed E-state index contributed by atoms with van der Waals surface area (Å²) in [6, 6.07) is 3.90. The summed E-state index contributed by atoms with van der Waals surface area (Å²) >= 11 is 0. The third-order valence-electron chi connectivity index (χ3n) is 2.91. The molecule has 20 heavy (non-hydrogen) atoms. The fourth-order valence-electron chi connectivity index (χ4n) is 1.52. The van der Waals surface area contributed by atoms with Gasteiger partial charge in [0, 0.05) is 30.2 Å². The normalized spacial score (nSPS) is 12.4. The monoisotopic (exact) mass is 302 g/mol. The summed E-state index contributed by atoms with van der Waals surface area (Å²) in [5.41, 5.74) is -0.761. The van der Waals surface area contributed by atoms with Gasteiger partial charge in [0.15, 0.2) is 0 Å². The first-order valence-corrected chi connectivity index (χ1v) is 7.43. The van der Waals surface area contributed by atoms with Crippen LogP contribution in [0.25, 0.3) is 0 Å². The molecule has 0 aliphatic carbocycles.